The van der Waals surface area contributed by atoms with Gasteiger partial charge in [-0.2, -0.15) is 0 Å². The van der Waals surface area contributed by atoms with Gasteiger partial charge in [-0.15, -0.1) is 0 Å². The zero-order valence-corrected chi connectivity index (χ0v) is 46.2. The Bertz CT molecular complexity index is 1400. The van der Waals surface area contributed by atoms with Crippen LogP contribution in [0.4, 0.5) is 0 Å². The van der Waals surface area contributed by atoms with E-state index in [1.807, 2.05) is 6.08 Å². The summed E-state index contributed by atoms with van der Waals surface area (Å²) < 4.78 is 11.3. The van der Waals surface area contributed by atoms with Crippen molar-refractivity contribution < 1.29 is 39.8 Å². The van der Waals surface area contributed by atoms with Crippen LogP contribution in [0.5, 0.6) is 0 Å². The van der Waals surface area contributed by atoms with Crippen molar-refractivity contribution in [3.63, 3.8) is 0 Å². The quantitative estimate of drug-likeness (QED) is 0.0261. The van der Waals surface area contributed by atoms with Crippen molar-refractivity contribution in [3.8, 4) is 0 Å². The predicted octanol–water partition coefficient (Wildman–Crippen LogP) is 15.0. The summed E-state index contributed by atoms with van der Waals surface area (Å²) in [6.07, 6.45) is 66.5. The van der Waals surface area contributed by atoms with E-state index in [0.29, 0.717) is 6.42 Å². The molecule has 1 fully saturated rings. The average Bonchev–Trinajstić information content (AvgIpc) is 3.38. The van der Waals surface area contributed by atoms with Crippen LogP contribution in [0, 0.1) is 0 Å². The zero-order chi connectivity index (χ0) is 52.2. The van der Waals surface area contributed by atoms with Gasteiger partial charge in [-0.25, -0.2) is 0 Å². The molecule has 0 aromatic rings. The number of amides is 1. The maximum Gasteiger partial charge on any atom is 0.220 e. The number of ether oxygens (including phenoxy) is 2. The lowest BCUT2D eigenvalue weighted by Crippen LogP contribution is -2.60. The second-order valence-electron chi connectivity index (χ2n) is 20.4. The minimum Gasteiger partial charge on any atom is -0.394 e. The molecule has 0 aliphatic carbocycles. The molecule has 7 atom stereocenters. The van der Waals surface area contributed by atoms with E-state index in [9.17, 15) is 30.3 Å². The fraction of sp³-hybridized carbons (Fsp3) is 0.762. The van der Waals surface area contributed by atoms with Crippen LogP contribution in [0.25, 0.3) is 0 Å². The maximum atomic E-state index is 13.1. The van der Waals surface area contributed by atoms with Crippen LogP contribution < -0.4 is 5.32 Å². The molecular weight excluding hydrogens is 899 g/mol. The standard InChI is InChI=1S/C63H111NO8/c1-3-5-7-9-11-13-15-17-19-21-23-24-25-26-27-28-29-30-31-32-33-34-35-37-39-41-43-45-47-49-51-53-59(67)64-56(55-71-63-62(70)61(69)60(68)58(54-65)72-63)57(66)52-50-48-46-44-42-40-38-36-22-20-18-16-14-12-10-8-6-4-2/h5,7,11,13,17,19,23-24,26-27,42,44,50,52,56-58,60-63,65-66,68-70H,3-4,6,8-10,12,14-16,18,20-22,25,28-41,43,45-49,51,53-55H2,1-2H3,(H,64,67)/b7-5-,13-11-,19-17-,24-23-,27-26-,44-42+,52-50+. The van der Waals surface area contributed by atoms with Crippen molar-refractivity contribution in [2.75, 3.05) is 13.2 Å². The first-order valence-electron chi connectivity index (χ1n) is 29.8. The molecule has 1 aliphatic rings. The molecule has 9 heteroatoms. The van der Waals surface area contributed by atoms with Crippen LogP contribution in [-0.4, -0.2) is 87.5 Å². The van der Waals surface area contributed by atoms with Gasteiger partial charge < -0.3 is 40.3 Å². The van der Waals surface area contributed by atoms with Gasteiger partial charge in [-0.1, -0.05) is 253 Å². The molecule has 72 heavy (non-hydrogen) atoms. The Hall–Kier alpha value is -2.63. The Morgan fingerprint density at radius 3 is 1.33 bits per heavy atom. The van der Waals surface area contributed by atoms with Crippen LogP contribution in [0.3, 0.4) is 0 Å². The summed E-state index contributed by atoms with van der Waals surface area (Å²) in [5, 5.41) is 54.5. The molecule has 416 valence electrons. The number of aliphatic hydroxyl groups excluding tert-OH is 5. The summed E-state index contributed by atoms with van der Waals surface area (Å²) >= 11 is 0. The SMILES string of the molecule is CC/C=C\C/C=C\C/C=C\C/C=C\C/C=C\CCCCCCCCCCCCCCCCCC(=O)NC(COC1OC(CO)C(O)C(O)C1O)C(O)/C=C/CC/C=C/CCCCCCCCCCCCCC. The van der Waals surface area contributed by atoms with Gasteiger partial charge in [-0.05, 0) is 77.0 Å². The fourth-order valence-corrected chi connectivity index (χ4v) is 9.02. The Morgan fingerprint density at radius 2 is 0.875 bits per heavy atom. The molecule has 6 N–H and O–H groups in total. The Kier molecular flexibility index (Phi) is 48.5. The number of unbranched alkanes of at least 4 members (excludes halogenated alkanes) is 28. The van der Waals surface area contributed by atoms with Crippen LogP contribution in [0.1, 0.15) is 251 Å². The smallest absolute Gasteiger partial charge is 0.220 e. The normalized spacial score (nSPS) is 19.8. The van der Waals surface area contributed by atoms with E-state index in [-0.39, 0.29) is 12.5 Å². The number of rotatable bonds is 50. The van der Waals surface area contributed by atoms with Crippen molar-refractivity contribution in [1.29, 1.82) is 0 Å². The molecule has 0 saturated carbocycles. The Balaban J connectivity index is 2.19. The largest absolute Gasteiger partial charge is 0.394 e. The molecule has 1 aliphatic heterocycles. The minimum atomic E-state index is -1.57. The first kappa shape index (κ1) is 67.4. The van der Waals surface area contributed by atoms with E-state index in [2.05, 4.69) is 92.1 Å². The molecule has 9 nitrogen and oxygen atoms in total. The molecular formula is C63H111NO8. The number of hydrogen-bond acceptors (Lipinski definition) is 8. The molecule has 0 aromatic heterocycles. The summed E-state index contributed by atoms with van der Waals surface area (Å²) in [5.74, 6) is -0.188. The fourth-order valence-electron chi connectivity index (χ4n) is 9.02. The van der Waals surface area contributed by atoms with Gasteiger partial charge in [0.25, 0.3) is 0 Å². The Morgan fingerprint density at radius 1 is 0.486 bits per heavy atom. The number of carbonyl (C=O) groups excluding carboxylic acids is 1. The van der Waals surface area contributed by atoms with E-state index >= 15 is 0 Å². The van der Waals surface area contributed by atoms with Gasteiger partial charge in [0.15, 0.2) is 6.29 Å². The minimum absolute atomic E-state index is 0.188. The van der Waals surface area contributed by atoms with Gasteiger partial charge in [-0.3, -0.25) is 4.79 Å². The summed E-state index contributed by atoms with van der Waals surface area (Å²) in [5.41, 5.74) is 0. The van der Waals surface area contributed by atoms with Crippen molar-refractivity contribution in [2.24, 2.45) is 0 Å². The summed E-state index contributed by atoms with van der Waals surface area (Å²) in [6.45, 7) is 3.66. The highest BCUT2D eigenvalue weighted by atomic mass is 16.7. The summed E-state index contributed by atoms with van der Waals surface area (Å²) in [6, 6.07) is -0.826. The molecule has 7 unspecified atom stereocenters. The topological polar surface area (TPSA) is 149 Å². The monoisotopic (exact) mass is 1010 g/mol. The lowest BCUT2D eigenvalue weighted by Gasteiger charge is -2.40. The molecule has 0 aromatic carbocycles. The third kappa shape index (κ3) is 40.7. The van der Waals surface area contributed by atoms with Crippen molar-refractivity contribution >= 4 is 5.91 Å². The number of allylic oxidation sites excluding steroid dienone is 13. The van der Waals surface area contributed by atoms with Gasteiger partial charge in [0.05, 0.1) is 25.4 Å². The van der Waals surface area contributed by atoms with Crippen LogP contribution in [0.2, 0.25) is 0 Å². The van der Waals surface area contributed by atoms with Gasteiger partial charge in [0.2, 0.25) is 5.91 Å². The second-order valence-corrected chi connectivity index (χ2v) is 20.4. The van der Waals surface area contributed by atoms with E-state index in [4.69, 9.17) is 9.47 Å². The number of aliphatic hydroxyl groups is 5. The van der Waals surface area contributed by atoms with E-state index in [1.165, 1.54) is 161 Å². The molecule has 0 radical (unpaired) electrons. The number of nitrogens with one attached hydrogen (secondary N) is 1. The van der Waals surface area contributed by atoms with Gasteiger partial charge in [0.1, 0.15) is 24.4 Å². The van der Waals surface area contributed by atoms with Gasteiger partial charge in [0, 0.05) is 6.42 Å². The van der Waals surface area contributed by atoms with Crippen molar-refractivity contribution in [2.45, 2.75) is 294 Å². The number of carbonyl (C=O) groups is 1. The lowest BCUT2D eigenvalue weighted by atomic mass is 9.99. The predicted molar refractivity (Wildman–Crippen MR) is 304 cm³/mol. The first-order chi connectivity index (χ1) is 35.3. The second kappa shape index (κ2) is 51.8. The molecule has 1 amide bonds. The van der Waals surface area contributed by atoms with E-state index in [0.717, 1.165) is 70.6 Å². The molecule has 0 bridgehead atoms. The first-order valence-corrected chi connectivity index (χ1v) is 29.8. The van der Waals surface area contributed by atoms with E-state index in [1.54, 1.807) is 6.08 Å². The third-order valence-electron chi connectivity index (χ3n) is 13.7. The Labute approximate surface area is 441 Å². The molecule has 1 rings (SSSR count). The van der Waals surface area contributed by atoms with Crippen LogP contribution >= 0.6 is 0 Å². The lowest BCUT2D eigenvalue weighted by molar-refractivity contribution is -0.302. The van der Waals surface area contributed by atoms with Crippen molar-refractivity contribution in [3.05, 3.63) is 85.1 Å². The molecule has 0 spiro atoms. The van der Waals surface area contributed by atoms with Crippen LogP contribution in [-0.2, 0) is 14.3 Å². The van der Waals surface area contributed by atoms with E-state index < -0.39 is 49.5 Å². The summed E-state index contributed by atoms with van der Waals surface area (Å²) in [7, 11) is 0. The van der Waals surface area contributed by atoms with Crippen molar-refractivity contribution in [1.82, 2.24) is 5.32 Å². The summed E-state index contributed by atoms with van der Waals surface area (Å²) in [4.78, 5) is 13.1. The zero-order valence-electron chi connectivity index (χ0n) is 46.2. The average molecular weight is 1010 g/mol. The highest BCUT2D eigenvalue weighted by Gasteiger charge is 2.44. The van der Waals surface area contributed by atoms with Crippen LogP contribution in [0.15, 0.2) is 85.1 Å². The molecule has 1 heterocycles. The maximum absolute atomic E-state index is 13.1. The third-order valence-corrected chi connectivity index (χ3v) is 13.7. The highest BCUT2D eigenvalue weighted by Crippen LogP contribution is 2.23. The molecule has 1 saturated heterocycles. The van der Waals surface area contributed by atoms with Gasteiger partial charge >= 0.3 is 0 Å². The number of hydrogen-bond donors (Lipinski definition) is 6. The highest BCUT2D eigenvalue weighted by molar-refractivity contribution is 5.76.